The van der Waals surface area contributed by atoms with Gasteiger partial charge in [-0.2, -0.15) is 11.8 Å². The average Bonchev–Trinajstić information content (AvgIpc) is 2.39. The van der Waals surface area contributed by atoms with E-state index >= 15 is 0 Å². The molecule has 3 nitrogen and oxygen atoms in total. The van der Waals surface area contributed by atoms with Gasteiger partial charge in [-0.1, -0.05) is 0 Å². The van der Waals surface area contributed by atoms with Crippen LogP contribution in [-0.2, 0) is 0 Å². The van der Waals surface area contributed by atoms with E-state index in [0.29, 0.717) is 6.04 Å². The van der Waals surface area contributed by atoms with E-state index in [1.165, 1.54) is 0 Å². The molecule has 0 spiro atoms. The second-order valence-electron chi connectivity index (χ2n) is 4.64. The van der Waals surface area contributed by atoms with Crippen LogP contribution in [0.25, 0.3) is 0 Å². The highest BCUT2D eigenvalue weighted by atomic mass is 32.2. The van der Waals surface area contributed by atoms with Gasteiger partial charge in [-0.15, -0.1) is 0 Å². The van der Waals surface area contributed by atoms with Gasteiger partial charge in [0.25, 0.3) is 5.91 Å². The molecular formula is C14H20N2OS. The first kappa shape index (κ1) is 13.3. The lowest BCUT2D eigenvalue weighted by Gasteiger charge is -2.23. The molecule has 98 valence electrons. The Balaban J connectivity index is 2.03. The average molecular weight is 264 g/mol. The number of hydrogen-bond acceptors (Lipinski definition) is 3. The lowest BCUT2D eigenvalue weighted by atomic mass is 10.1. The maximum atomic E-state index is 12.2. The fourth-order valence-electron chi connectivity index (χ4n) is 2.18. The Morgan fingerprint density at radius 2 is 2.06 bits per heavy atom. The number of benzene rings is 1. The van der Waals surface area contributed by atoms with Gasteiger partial charge < -0.3 is 10.6 Å². The molecule has 1 heterocycles. The number of thioether (sulfide) groups is 1. The number of rotatable bonds is 3. The summed E-state index contributed by atoms with van der Waals surface area (Å²) in [5.74, 6) is 2.37. The molecular weight excluding hydrogens is 244 g/mol. The van der Waals surface area contributed by atoms with Crippen LogP contribution in [0.3, 0.4) is 0 Å². The predicted octanol–water partition coefficient (Wildman–Crippen LogP) is 2.66. The third kappa shape index (κ3) is 3.19. The van der Waals surface area contributed by atoms with E-state index in [-0.39, 0.29) is 5.91 Å². The first-order valence-electron chi connectivity index (χ1n) is 6.37. The maximum Gasteiger partial charge on any atom is 0.251 e. The fourth-order valence-corrected chi connectivity index (χ4v) is 3.29. The highest BCUT2D eigenvalue weighted by molar-refractivity contribution is 7.99. The Morgan fingerprint density at radius 3 is 2.67 bits per heavy atom. The molecule has 1 saturated heterocycles. The van der Waals surface area contributed by atoms with Crippen LogP contribution in [0.2, 0.25) is 0 Å². The third-order valence-corrected chi connectivity index (χ3v) is 4.36. The first-order valence-corrected chi connectivity index (χ1v) is 7.53. The molecule has 1 fully saturated rings. The van der Waals surface area contributed by atoms with Gasteiger partial charge >= 0.3 is 0 Å². The minimum atomic E-state index is 0.0621. The van der Waals surface area contributed by atoms with Crippen molar-refractivity contribution in [2.24, 2.45) is 0 Å². The molecule has 0 aromatic heterocycles. The molecule has 4 heteroatoms. The summed E-state index contributed by atoms with van der Waals surface area (Å²) in [7, 11) is 1.88. The summed E-state index contributed by atoms with van der Waals surface area (Å²) in [6.07, 6.45) is 2.17. The van der Waals surface area contributed by atoms with Gasteiger partial charge in [-0.05, 0) is 55.0 Å². The van der Waals surface area contributed by atoms with Crippen molar-refractivity contribution >= 4 is 23.4 Å². The molecule has 1 aliphatic heterocycles. The first-order chi connectivity index (χ1) is 8.70. The number of amides is 1. The predicted molar refractivity (Wildman–Crippen MR) is 78.5 cm³/mol. The number of nitrogens with one attached hydrogen (secondary N) is 2. The highest BCUT2D eigenvalue weighted by Gasteiger charge is 2.17. The Bertz CT molecular complexity index is 428. The quantitative estimate of drug-likeness (QED) is 0.882. The molecule has 18 heavy (non-hydrogen) atoms. The summed E-state index contributed by atoms with van der Waals surface area (Å²) in [5.41, 5.74) is 2.84. The number of anilines is 1. The smallest absolute Gasteiger partial charge is 0.251 e. The maximum absolute atomic E-state index is 12.2. The molecule has 0 atom stereocenters. The van der Waals surface area contributed by atoms with Crippen LogP contribution in [0.15, 0.2) is 18.2 Å². The zero-order valence-corrected chi connectivity index (χ0v) is 11.8. The van der Waals surface area contributed by atoms with E-state index in [9.17, 15) is 4.79 Å². The summed E-state index contributed by atoms with van der Waals surface area (Å²) in [4.78, 5) is 12.2. The van der Waals surface area contributed by atoms with Gasteiger partial charge in [-0.3, -0.25) is 4.79 Å². The molecule has 0 saturated carbocycles. The summed E-state index contributed by atoms with van der Waals surface area (Å²) in [5, 5.41) is 6.22. The lowest BCUT2D eigenvalue weighted by Crippen LogP contribution is -2.37. The Labute approximate surface area is 113 Å². The number of hydrogen-bond donors (Lipinski definition) is 2. The Morgan fingerprint density at radius 1 is 1.33 bits per heavy atom. The van der Waals surface area contributed by atoms with Gasteiger partial charge in [0.1, 0.15) is 0 Å². The van der Waals surface area contributed by atoms with Crippen LogP contribution in [0.1, 0.15) is 28.8 Å². The molecule has 2 N–H and O–H groups in total. The second kappa shape index (κ2) is 6.14. The summed E-state index contributed by atoms with van der Waals surface area (Å²) < 4.78 is 0. The topological polar surface area (TPSA) is 41.1 Å². The van der Waals surface area contributed by atoms with E-state index in [1.807, 2.05) is 43.9 Å². The van der Waals surface area contributed by atoms with Crippen LogP contribution < -0.4 is 10.6 Å². The van der Waals surface area contributed by atoms with Crippen molar-refractivity contribution in [1.82, 2.24) is 5.32 Å². The number of carbonyl (C=O) groups is 1. The number of aryl methyl sites for hydroxylation is 1. The largest absolute Gasteiger partial charge is 0.388 e. The molecule has 0 unspecified atom stereocenters. The molecule has 1 amide bonds. The Kier molecular flexibility index (Phi) is 4.53. The van der Waals surface area contributed by atoms with Crippen molar-refractivity contribution in [3.05, 3.63) is 29.3 Å². The molecule has 0 bridgehead atoms. The minimum absolute atomic E-state index is 0.0621. The van der Waals surface area contributed by atoms with Gasteiger partial charge in [0.2, 0.25) is 0 Å². The minimum Gasteiger partial charge on any atom is -0.388 e. The molecule has 1 aromatic rings. The molecule has 1 aromatic carbocycles. The van der Waals surface area contributed by atoms with Crippen LogP contribution >= 0.6 is 11.8 Å². The zero-order chi connectivity index (χ0) is 13.0. The van der Waals surface area contributed by atoms with Crippen LogP contribution in [-0.4, -0.2) is 30.5 Å². The van der Waals surface area contributed by atoms with E-state index in [1.54, 1.807) is 0 Å². The van der Waals surface area contributed by atoms with E-state index < -0.39 is 0 Å². The molecule has 0 aliphatic carbocycles. The fraction of sp³-hybridized carbons (Fsp3) is 0.500. The summed E-state index contributed by atoms with van der Waals surface area (Å²) in [6, 6.07) is 6.19. The Hall–Kier alpha value is -1.16. The van der Waals surface area contributed by atoms with E-state index in [4.69, 9.17) is 0 Å². The normalized spacial score (nSPS) is 16.3. The van der Waals surface area contributed by atoms with Crippen molar-refractivity contribution < 1.29 is 4.79 Å². The van der Waals surface area contributed by atoms with Crippen LogP contribution in [0, 0.1) is 6.92 Å². The summed E-state index contributed by atoms with van der Waals surface area (Å²) >= 11 is 1.97. The SMILES string of the molecule is CNc1ccc(C(=O)NC2CCSCC2)c(C)c1. The monoisotopic (exact) mass is 264 g/mol. The highest BCUT2D eigenvalue weighted by Crippen LogP contribution is 2.19. The van der Waals surface area contributed by atoms with E-state index in [0.717, 1.165) is 41.2 Å². The molecule has 2 rings (SSSR count). The van der Waals surface area contributed by atoms with Gasteiger partial charge in [0.15, 0.2) is 0 Å². The van der Waals surface area contributed by atoms with Gasteiger partial charge in [0.05, 0.1) is 0 Å². The van der Waals surface area contributed by atoms with Crippen molar-refractivity contribution in [1.29, 1.82) is 0 Å². The van der Waals surface area contributed by atoms with Crippen molar-refractivity contribution in [3.63, 3.8) is 0 Å². The van der Waals surface area contributed by atoms with Crippen molar-refractivity contribution in [2.45, 2.75) is 25.8 Å². The second-order valence-corrected chi connectivity index (χ2v) is 5.86. The standard InChI is InChI=1S/C14H20N2OS/c1-10-9-12(15-2)3-4-13(10)14(17)16-11-5-7-18-8-6-11/h3-4,9,11,15H,5-8H2,1-2H3,(H,16,17). The van der Waals surface area contributed by atoms with Crippen molar-refractivity contribution in [2.75, 3.05) is 23.9 Å². The van der Waals surface area contributed by atoms with Crippen LogP contribution in [0.4, 0.5) is 5.69 Å². The lowest BCUT2D eigenvalue weighted by molar-refractivity contribution is 0.0934. The number of carbonyl (C=O) groups excluding carboxylic acids is 1. The van der Waals surface area contributed by atoms with Crippen molar-refractivity contribution in [3.8, 4) is 0 Å². The summed E-state index contributed by atoms with van der Waals surface area (Å²) in [6.45, 7) is 1.98. The molecule has 0 radical (unpaired) electrons. The van der Waals surface area contributed by atoms with Gasteiger partial charge in [0, 0.05) is 24.3 Å². The van der Waals surface area contributed by atoms with Crippen LogP contribution in [0.5, 0.6) is 0 Å². The third-order valence-electron chi connectivity index (χ3n) is 3.32. The zero-order valence-electron chi connectivity index (χ0n) is 11.0. The van der Waals surface area contributed by atoms with Gasteiger partial charge in [-0.25, -0.2) is 0 Å². The van der Waals surface area contributed by atoms with E-state index in [2.05, 4.69) is 10.6 Å². The molecule has 1 aliphatic rings.